The quantitative estimate of drug-likeness (QED) is 0.694. The maximum Gasteiger partial charge on any atom is 0.0601 e. The lowest BCUT2D eigenvalue weighted by atomic mass is 9.88. The molecule has 0 aromatic heterocycles. The minimum absolute atomic E-state index is 0.544. The van der Waals surface area contributed by atoms with Crippen LogP contribution in [0.4, 0.5) is 0 Å². The Bertz CT molecular complexity index is 204. The highest BCUT2D eigenvalue weighted by molar-refractivity contribution is 4.91. The monoisotopic (exact) mass is 226 g/mol. The highest BCUT2D eigenvalue weighted by Crippen LogP contribution is 2.31. The second-order valence-corrected chi connectivity index (χ2v) is 5.34. The van der Waals surface area contributed by atoms with Crippen molar-refractivity contribution in [2.45, 2.75) is 44.8 Å². The van der Waals surface area contributed by atoms with Crippen LogP contribution in [0, 0.1) is 5.92 Å². The molecule has 1 saturated heterocycles. The van der Waals surface area contributed by atoms with Crippen LogP contribution in [0.1, 0.15) is 32.6 Å². The van der Waals surface area contributed by atoms with Crippen molar-refractivity contribution in [2.75, 3.05) is 33.3 Å². The van der Waals surface area contributed by atoms with Gasteiger partial charge in [0, 0.05) is 19.7 Å². The van der Waals surface area contributed by atoms with E-state index in [1.165, 1.54) is 51.9 Å². The Morgan fingerprint density at radius 3 is 2.88 bits per heavy atom. The molecule has 2 fully saturated rings. The predicted octanol–water partition coefficient (Wildman–Crippen LogP) is 1.49. The average Bonchev–Trinajstić information content (AvgIpc) is 2.65. The van der Waals surface area contributed by atoms with Gasteiger partial charge in [0.25, 0.3) is 0 Å². The smallest absolute Gasteiger partial charge is 0.0601 e. The van der Waals surface area contributed by atoms with Crippen LogP contribution in [0.5, 0.6) is 0 Å². The van der Waals surface area contributed by atoms with E-state index in [1.807, 2.05) is 7.11 Å². The Labute approximate surface area is 99.5 Å². The Kier molecular flexibility index (Phi) is 4.62. The Morgan fingerprint density at radius 2 is 2.19 bits per heavy atom. The zero-order valence-corrected chi connectivity index (χ0v) is 10.7. The summed E-state index contributed by atoms with van der Waals surface area (Å²) in [6.45, 7) is 7.22. The standard InChI is InChI=1S/C13H26N2O/c1-3-5-14-9-11-4-6-15(10-11)12-7-13(8-12)16-2/h11-14H,3-10H2,1-2H3. The van der Waals surface area contributed by atoms with E-state index in [0.717, 1.165) is 12.0 Å². The molecule has 1 heterocycles. The molecule has 1 aliphatic carbocycles. The van der Waals surface area contributed by atoms with Crippen LogP contribution in [-0.4, -0.2) is 50.3 Å². The van der Waals surface area contributed by atoms with E-state index >= 15 is 0 Å². The zero-order valence-electron chi connectivity index (χ0n) is 10.7. The normalized spacial score (nSPS) is 35.2. The molecule has 1 saturated carbocycles. The molecule has 2 aliphatic rings. The van der Waals surface area contributed by atoms with Crippen LogP contribution < -0.4 is 5.32 Å². The van der Waals surface area contributed by atoms with Crippen LogP contribution >= 0.6 is 0 Å². The van der Waals surface area contributed by atoms with Gasteiger partial charge in [-0.2, -0.15) is 0 Å². The fourth-order valence-corrected chi connectivity index (χ4v) is 2.87. The number of methoxy groups -OCH3 is 1. The van der Waals surface area contributed by atoms with Gasteiger partial charge in [-0.05, 0) is 51.2 Å². The molecule has 0 bridgehead atoms. The van der Waals surface area contributed by atoms with E-state index < -0.39 is 0 Å². The third-order valence-electron chi connectivity index (χ3n) is 4.10. The summed E-state index contributed by atoms with van der Waals surface area (Å²) < 4.78 is 5.34. The summed E-state index contributed by atoms with van der Waals surface area (Å²) in [5.74, 6) is 0.883. The molecule has 1 aliphatic heterocycles. The molecule has 0 spiro atoms. The Morgan fingerprint density at radius 1 is 1.38 bits per heavy atom. The van der Waals surface area contributed by atoms with Crippen molar-refractivity contribution in [3.8, 4) is 0 Å². The van der Waals surface area contributed by atoms with E-state index in [4.69, 9.17) is 4.74 Å². The number of hydrogen-bond acceptors (Lipinski definition) is 3. The van der Waals surface area contributed by atoms with Crippen LogP contribution in [-0.2, 0) is 4.74 Å². The molecular weight excluding hydrogens is 200 g/mol. The third-order valence-corrected chi connectivity index (χ3v) is 4.10. The third kappa shape index (κ3) is 2.96. The van der Waals surface area contributed by atoms with Crippen LogP contribution in [0.25, 0.3) is 0 Å². The molecule has 2 rings (SSSR count). The highest BCUT2D eigenvalue weighted by Gasteiger charge is 2.36. The first-order chi connectivity index (χ1) is 7.83. The van der Waals surface area contributed by atoms with Gasteiger partial charge in [0.2, 0.25) is 0 Å². The first kappa shape index (κ1) is 12.3. The van der Waals surface area contributed by atoms with Gasteiger partial charge in [-0.25, -0.2) is 0 Å². The van der Waals surface area contributed by atoms with Crippen molar-refractivity contribution >= 4 is 0 Å². The summed E-state index contributed by atoms with van der Waals surface area (Å²) in [5.41, 5.74) is 0. The van der Waals surface area contributed by atoms with E-state index in [-0.39, 0.29) is 0 Å². The molecular formula is C13H26N2O. The molecule has 1 unspecified atom stereocenters. The first-order valence-electron chi connectivity index (χ1n) is 6.81. The number of ether oxygens (including phenoxy) is 1. The molecule has 0 amide bonds. The fraction of sp³-hybridized carbons (Fsp3) is 1.00. The second kappa shape index (κ2) is 5.99. The molecule has 1 N–H and O–H groups in total. The fourth-order valence-electron chi connectivity index (χ4n) is 2.87. The van der Waals surface area contributed by atoms with Crippen molar-refractivity contribution < 1.29 is 4.74 Å². The zero-order chi connectivity index (χ0) is 11.4. The molecule has 16 heavy (non-hydrogen) atoms. The maximum atomic E-state index is 5.34. The SMILES string of the molecule is CCCNCC1CCN(C2CC(OC)C2)C1. The van der Waals surface area contributed by atoms with E-state index in [2.05, 4.69) is 17.1 Å². The van der Waals surface area contributed by atoms with Gasteiger partial charge in [0.1, 0.15) is 0 Å². The largest absolute Gasteiger partial charge is 0.381 e. The van der Waals surface area contributed by atoms with Crippen LogP contribution in [0.2, 0.25) is 0 Å². The Balaban J connectivity index is 1.61. The molecule has 3 nitrogen and oxygen atoms in total. The summed E-state index contributed by atoms with van der Waals surface area (Å²) in [6.07, 6.45) is 5.68. The summed E-state index contributed by atoms with van der Waals surface area (Å²) >= 11 is 0. The van der Waals surface area contributed by atoms with Crippen molar-refractivity contribution in [3.63, 3.8) is 0 Å². The van der Waals surface area contributed by atoms with Gasteiger partial charge in [0.15, 0.2) is 0 Å². The number of rotatable bonds is 6. The topological polar surface area (TPSA) is 24.5 Å². The number of hydrogen-bond donors (Lipinski definition) is 1. The maximum absolute atomic E-state index is 5.34. The molecule has 1 atom stereocenters. The Hall–Kier alpha value is -0.120. The summed E-state index contributed by atoms with van der Waals surface area (Å²) in [6, 6.07) is 0.820. The van der Waals surface area contributed by atoms with Crippen molar-refractivity contribution in [3.05, 3.63) is 0 Å². The molecule has 0 aromatic carbocycles. The van der Waals surface area contributed by atoms with Crippen molar-refractivity contribution in [1.29, 1.82) is 0 Å². The van der Waals surface area contributed by atoms with Gasteiger partial charge in [0.05, 0.1) is 6.10 Å². The van der Waals surface area contributed by atoms with E-state index in [0.29, 0.717) is 6.10 Å². The minimum Gasteiger partial charge on any atom is -0.381 e. The van der Waals surface area contributed by atoms with E-state index in [1.54, 1.807) is 0 Å². The molecule has 0 aromatic rings. The minimum atomic E-state index is 0.544. The number of nitrogens with one attached hydrogen (secondary N) is 1. The molecule has 3 heteroatoms. The van der Waals surface area contributed by atoms with Gasteiger partial charge in [-0.15, -0.1) is 0 Å². The van der Waals surface area contributed by atoms with Crippen LogP contribution in [0.15, 0.2) is 0 Å². The lowest BCUT2D eigenvalue weighted by molar-refractivity contribution is -0.0211. The summed E-state index contributed by atoms with van der Waals surface area (Å²) in [5, 5.41) is 3.54. The number of likely N-dealkylation sites (tertiary alicyclic amines) is 1. The lowest BCUT2D eigenvalue weighted by Gasteiger charge is -2.40. The lowest BCUT2D eigenvalue weighted by Crippen LogP contribution is -2.47. The average molecular weight is 226 g/mol. The van der Waals surface area contributed by atoms with Gasteiger partial charge >= 0.3 is 0 Å². The van der Waals surface area contributed by atoms with Crippen molar-refractivity contribution in [2.24, 2.45) is 5.92 Å². The van der Waals surface area contributed by atoms with Gasteiger partial charge < -0.3 is 10.1 Å². The second-order valence-electron chi connectivity index (χ2n) is 5.34. The first-order valence-corrected chi connectivity index (χ1v) is 6.81. The molecule has 94 valence electrons. The summed E-state index contributed by atoms with van der Waals surface area (Å²) in [7, 11) is 1.84. The molecule has 0 radical (unpaired) electrons. The van der Waals surface area contributed by atoms with E-state index in [9.17, 15) is 0 Å². The number of nitrogens with zero attached hydrogens (tertiary/aromatic N) is 1. The van der Waals surface area contributed by atoms with Gasteiger partial charge in [-0.3, -0.25) is 4.90 Å². The predicted molar refractivity (Wildman–Crippen MR) is 66.7 cm³/mol. The van der Waals surface area contributed by atoms with Gasteiger partial charge in [-0.1, -0.05) is 6.92 Å². The van der Waals surface area contributed by atoms with Crippen LogP contribution in [0.3, 0.4) is 0 Å². The highest BCUT2D eigenvalue weighted by atomic mass is 16.5. The summed E-state index contributed by atoms with van der Waals surface area (Å²) in [4.78, 5) is 2.67. The van der Waals surface area contributed by atoms with Crippen molar-refractivity contribution in [1.82, 2.24) is 10.2 Å².